The molecule has 1 amide bonds. The SMILES string of the molecule is O=C(Cc1ccccc1)N/N=C\c1cc(Cl)ccc1O. The Labute approximate surface area is 121 Å². The monoisotopic (exact) mass is 288 g/mol. The summed E-state index contributed by atoms with van der Waals surface area (Å²) in [5.74, 6) is -0.176. The summed E-state index contributed by atoms with van der Waals surface area (Å²) in [7, 11) is 0. The number of rotatable bonds is 4. The predicted molar refractivity (Wildman–Crippen MR) is 79.0 cm³/mol. The van der Waals surface area contributed by atoms with Crippen LogP contribution in [0.25, 0.3) is 0 Å². The number of nitrogens with one attached hydrogen (secondary N) is 1. The fourth-order valence-electron chi connectivity index (χ4n) is 1.62. The highest BCUT2D eigenvalue weighted by atomic mass is 35.5. The van der Waals surface area contributed by atoms with Crippen LogP contribution in [0.2, 0.25) is 5.02 Å². The fraction of sp³-hybridized carbons (Fsp3) is 0.0667. The van der Waals surface area contributed by atoms with Crippen molar-refractivity contribution in [3.8, 4) is 5.75 Å². The summed E-state index contributed by atoms with van der Waals surface area (Å²) in [4.78, 5) is 11.6. The second-order valence-electron chi connectivity index (χ2n) is 4.16. The molecule has 0 saturated carbocycles. The first kappa shape index (κ1) is 14.1. The van der Waals surface area contributed by atoms with Gasteiger partial charge in [0, 0.05) is 10.6 Å². The van der Waals surface area contributed by atoms with Crippen molar-refractivity contribution in [3.05, 3.63) is 64.7 Å². The third-order valence-electron chi connectivity index (χ3n) is 2.59. The molecular weight excluding hydrogens is 276 g/mol. The van der Waals surface area contributed by atoms with Crippen LogP contribution in [-0.2, 0) is 11.2 Å². The molecule has 5 heteroatoms. The topological polar surface area (TPSA) is 61.7 Å². The second kappa shape index (κ2) is 6.73. The molecule has 0 unspecified atom stereocenters. The summed E-state index contributed by atoms with van der Waals surface area (Å²) < 4.78 is 0. The standard InChI is InChI=1S/C15H13ClN2O2/c16-13-6-7-14(19)12(9-13)10-17-18-15(20)8-11-4-2-1-3-5-11/h1-7,9-10,19H,8H2,(H,18,20)/b17-10-. The molecule has 0 aliphatic carbocycles. The van der Waals surface area contributed by atoms with E-state index in [-0.39, 0.29) is 18.1 Å². The van der Waals surface area contributed by atoms with Crippen molar-refractivity contribution in [2.45, 2.75) is 6.42 Å². The Hall–Kier alpha value is -2.33. The average Bonchev–Trinajstić information content (AvgIpc) is 2.44. The number of hydrogen-bond acceptors (Lipinski definition) is 3. The van der Waals surface area contributed by atoms with Gasteiger partial charge in [-0.1, -0.05) is 41.9 Å². The van der Waals surface area contributed by atoms with Crippen LogP contribution in [0.3, 0.4) is 0 Å². The molecule has 0 atom stereocenters. The van der Waals surface area contributed by atoms with E-state index < -0.39 is 0 Å². The third kappa shape index (κ3) is 4.10. The smallest absolute Gasteiger partial charge is 0.244 e. The van der Waals surface area contributed by atoms with E-state index in [1.165, 1.54) is 12.3 Å². The number of amides is 1. The van der Waals surface area contributed by atoms with Gasteiger partial charge in [0.1, 0.15) is 5.75 Å². The van der Waals surface area contributed by atoms with E-state index in [1.54, 1.807) is 12.1 Å². The quantitative estimate of drug-likeness (QED) is 0.671. The van der Waals surface area contributed by atoms with Crippen molar-refractivity contribution in [2.24, 2.45) is 5.10 Å². The van der Waals surface area contributed by atoms with Crippen molar-refractivity contribution >= 4 is 23.7 Å². The summed E-state index contributed by atoms with van der Waals surface area (Å²) in [5.41, 5.74) is 3.75. The number of hydrazone groups is 1. The number of phenolic OH excluding ortho intramolecular Hbond substituents is 1. The highest BCUT2D eigenvalue weighted by molar-refractivity contribution is 6.30. The van der Waals surface area contributed by atoms with Gasteiger partial charge in [0.25, 0.3) is 0 Å². The maximum absolute atomic E-state index is 11.6. The molecule has 102 valence electrons. The van der Waals surface area contributed by atoms with Gasteiger partial charge in [0.2, 0.25) is 5.91 Å². The van der Waals surface area contributed by atoms with Gasteiger partial charge in [0.05, 0.1) is 12.6 Å². The zero-order chi connectivity index (χ0) is 14.4. The Balaban J connectivity index is 1.93. The summed E-state index contributed by atoms with van der Waals surface area (Å²) in [6.45, 7) is 0. The second-order valence-corrected chi connectivity index (χ2v) is 4.60. The maximum Gasteiger partial charge on any atom is 0.244 e. The molecular formula is C15H13ClN2O2. The largest absolute Gasteiger partial charge is 0.507 e. The number of carbonyl (C=O) groups excluding carboxylic acids is 1. The molecule has 2 aromatic rings. The van der Waals surface area contributed by atoms with E-state index >= 15 is 0 Å². The number of phenols is 1. The zero-order valence-corrected chi connectivity index (χ0v) is 11.3. The van der Waals surface area contributed by atoms with Gasteiger partial charge < -0.3 is 5.11 Å². The first-order chi connectivity index (χ1) is 9.65. The number of carbonyl (C=O) groups is 1. The van der Waals surface area contributed by atoms with Crippen molar-refractivity contribution < 1.29 is 9.90 Å². The maximum atomic E-state index is 11.6. The normalized spacial score (nSPS) is 10.7. The minimum absolute atomic E-state index is 0.0514. The number of aromatic hydroxyl groups is 1. The van der Waals surface area contributed by atoms with Gasteiger partial charge in [-0.15, -0.1) is 0 Å². The van der Waals surface area contributed by atoms with Crippen molar-refractivity contribution in [1.29, 1.82) is 0 Å². The number of nitrogens with zero attached hydrogens (tertiary/aromatic N) is 1. The van der Waals surface area contributed by atoms with Crippen molar-refractivity contribution in [1.82, 2.24) is 5.43 Å². The van der Waals surface area contributed by atoms with Gasteiger partial charge in [-0.25, -0.2) is 5.43 Å². The van der Waals surface area contributed by atoms with Crippen LogP contribution in [-0.4, -0.2) is 17.2 Å². The molecule has 0 aliphatic rings. The van der Waals surface area contributed by atoms with E-state index in [2.05, 4.69) is 10.5 Å². The first-order valence-electron chi connectivity index (χ1n) is 5.99. The lowest BCUT2D eigenvalue weighted by Gasteiger charge is -2.01. The van der Waals surface area contributed by atoms with Crippen LogP contribution >= 0.6 is 11.6 Å². The first-order valence-corrected chi connectivity index (χ1v) is 6.37. The van der Waals surface area contributed by atoms with E-state index in [1.807, 2.05) is 30.3 Å². The molecule has 2 aromatic carbocycles. The van der Waals surface area contributed by atoms with Gasteiger partial charge in [0.15, 0.2) is 0 Å². The minimum Gasteiger partial charge on any atom is -0.507 e. The highest BCUT2D eigenvalue weighted by Crippen LogP contribution is 2.19. The predicted octanol–water partition coefficient (Wildman–Crippen LogP) is 2.74. The molecule has 0 heterocycles. The summed E-state index contributed by atoms with van der Waals surface area (Å²) >= 11 is 5.81. The third-order valence-corrected chi connectivity index (χ3v) is 2.83. The lowest BCUT2D eigenvalue weighted by Crippen LogP contribution is -2.19. The lowest BCUT2D eigenvalue weighted by atomic mass is 10.1. The highest BCUT2D eigenvalue weighted by Gasteiger charge is 2.02. The summed E-state index contributed by atoms with van der Waals surface area (Å²) in [6.07, 6.45) is 1.60. The van der Waals surface area contributed by atoms with E-state index in [4.69, 9.17) is 11.6 Å². The van der Waals surface area contributed by atoms with Crippen molar-refractivity contribution in [3.63, 3.8) is 0 Å². The summed E-state index contributed by atoms with van der Waals surface area (Å²) in [6, 6.07) is 14.0. The van der Waals surface area contributed by atoms with Crippen LogP contribution in [0.4, 0.5) is 0 Å². The minimum atomic E-state index is -0.228. The van der Waals surface area contributed by atoms with Gasteiger partial charge in [-0.2, -0.15) is 5.10 Å². The lowest BCUT2D eigenvalue weighted by molar-refractivity contribution is -0.120. The molecule has 0 bridgehead atoms. The molecule has 0 aromatic heterocycles. The molecule has 2 N–H and O–H groups in total. The Kier molecular flexibility index (Phi) is 4.74. The Bertz CT molecular complexity index is 627. The molecule has 0 spiro atoms. The van der Waals surface area contributed by atoms with Gasteiger partial charge in [-0.05, 0) is 23.8 Å². The van der Waals surface area contributed by atoms with E-state index in [0.29, 0.717) is 10.6 Å². The Morgan fingerprint density at radius 2 is 2.00 bits per heavy atom. The van der Waals surface area contributed by atoms with Crippen molar-refractivity contribution in [2.75, 3.05) is 0 Å². The Morgan fingerprint density at radius 1 is 1.25 bits per heavy atom. The summed E-state index contributed by atoms with van der Waals surface area (Å²) in [5, 5.41) is 13.9. The van der Waals surface area contributed by atoms with Crippen LogP contribution in [0.15, 0.2) is 53.6 Å². The van der Waals surface area contributed by atoms with Gasteiger partial charge >= 0.3 is 0 Å². The van der Waals surface area contributed by atoms with E-state index in [0.717, 1.165) is 5.56 Å². The zero-order valence-electron chi connectivity index (χ0n) is 10.6. The van der Waals surface area contributed by atoms with Crippen LogP contribution in [0.1, 0.15) is 11.1 Å². The molecule has 0 saturated heterocycles. The molecule has 0 aliphatic heterocycles. The number of halogens is 1. The number of benzene rings is 2. The number of hydrogen-bond donors (Lipinski definition) is 2. The fourth-order valence-corrected chi connectivity index (χ4v) is 1.80. The van der Waals surface area contributed by atoms with Crippen LogP contribution in [0.5, 0.6) is 5.75 Å². The van der Waals surface area contributed by atoms with Crippen LogP contribution < -0.4 is 5.43 Å². The molecule has 2 rings (SSSR count). The molecule has 0 fully saturated rings. The molecule has 0 radical (unpaired) electrons. The van der Waals surface area contributed by atoms with Crippen LogP contribution in [0, 0.1) is 0 Å². The van der Waals surface area contributed by atoms with Gasteiger partial charge in [-0.3, -0.25) is 4.79 Å². The average molecular weight is 289 g/mol. The molecule has 20 heavy (non-hydrogen) atoms. The Morgan fingerprint density at radius 3 is 2.75 bits per heavy atom. The molecule has 4 nitrogen and oxygen atoms in total. The van der Waals surface area contributed by atoms with E-state index in [9.17, 15) is 9.90 Å².